The molecule has 0 aliphatic heterocycles. The van der Waals surface area contributed by atoms with Gasteiger partial charge in [-0.3, -0.25) is 9.59 Å². The summed E-state index contributed by atoms with van der Waals surface area (Å²) >= 11 is 5.90. The number of aliphatic hydroxyl groups is 1. The van der Waals surface area contributed by atoms with E-state index in [-0.39, 0.29) is 5.69 Å². The lowest BCUT2D eigenvalue weighted by atomic mass is 10.1. The van der Waals surface area contributed by atoms with Gasteiger partial charge in [-0.05, 0) is 42.8 Å². The minimum absolute atomic E-state index is 0.235. The second-order valence-electron chi connectivity index (χ2n) is 6.77. The number of hydrogen-bond donors (Lipinski definition) is 2. The maximum absolute atomic E-state index is 12.9. The molecule has 0 radical (unpaired) electrons. The lowest BCUT2D eigenvalue weighted by Gasteiger charge is -2.15. The summed E-state index contributed by atoms with van der Waals surface area (Å²) in [6, 6.07) is 14.4. The Morgan fingerprint density at radius 3 is 2.48 bits per heavy atom. The Morgan fingerprint density at radius 1 is 1.19 bits per heavy atom. The number of aliphatic hydroxyl groups excluding tert-OH is 1. The Hall–Kier alpha value is -3.17. The van der Waals surface area contributed by atoms with Crippen molar-refractivity contribution in [2.75, 3.05) is 6.54 Å². The van der Waals surface area contributed by atoms with E-state index in [1.54, 1.807) is 42.5 Å². The molecule has 31 heavy (non-hydrogen) atoms. The van der Waals surface area contributed by atoms with Crippen LogP contribution in [-0.2, 0) is 0 Å². The number of carbonyl (C=O) groups excluding carboxylic acids is 1. The molecule has 1 amide bonds. The summed E-state index contributed by atoms with van der Waals surface area (Å²) in [6.45, 7) is 0.717. The van der Waals surface area contributed by atoms with Gasteiger partial charge in [0.1, 0.15) is 5.56 Å². The number of halogens is 4. The highest BCUT2D eigenvalue weighted by atomic mass is 35.5. The molecule has 0 bridgehead atoms. The largest absolute Gasteiger partial charge is 0.416 e. The average molecular weight is 452 g/mol. The fraction of sp³-hybridized carbons (Fsp3) is 0.190. The Bertz CT molecular complexity index is 1160. The Balaban J connectivity index is 2.08. The fourth-order valence-electron chi connectivity index (χ4n) is 2.75. The lowest BCUT2D eigenvalue weighted by Crippen LogP contribution is -2.42. The first-order valence-electron chi connectivity index (χ1n) is 9.06. The number of carbonyl (C=O) groups is 1. The lowest BCUT2D eigenvalue weighted by molar-refractivity contribution is -0.201. The summed E-state index contributed by atoms with van der Waals surface area (Å²) in [5.74, 6) is -1.06. The Morgan fingerprint density at radius 2 is 1.87 bits per heavy atom. The molecule has 0 aliphatic carbocycles. The van der Waals surface area contributed by atoms with Gasteiger partial charge in [-0.1, -0.05) is 35.9 Å². The third-order valence-electron chi connectivity index (χ3n) is 4.38. The van der Waals surface area contributed by atoms with Crippen LogP contribution in [-0.4, -0.2) is 39.6 Å². The zero-order valence-corrected chi connectivity index (χ0v) is 16.9. The highest BCUT2D eigenvalue weighted by Gasteiger charge is 2.38. The van der Waals surface area contributed by atoms with E-state index in [1.165, 1.54) is 6.07 Å². The van der Waals surface area contributed by atoms with Crippen LogP contribution >= 0.6 is 11.6 Å². The van der Waals surface area contributed by atoms with Crippen LogP contribution in [0.25, 0.3) is 16.9 Å². The summed E-state index contributed by atoms with van der Waals surface area (Å²) in [7, 11) is 0. The molecular formula is C21H17ClF3N3O3. The van der Waals surface area contributed by atoms with E-state index in [1.807, 2.05) is 18.3 Å². The van der Waals surface area contributed by atoms with Crippen molar-refractivity contribution in [3.05, 3.63) is 81.1 Å². The minimum atomic E-state index is -4.90. The van der Waals surface area contributed by atoms with Crippen LogP contribution in [0.5, 0.6) is 0 Å². The van der Waals surface area contributed by atoms with Gasteiger partial charge in [-0.2, -0.15) is 23.0 Å². The Labute approximate surface area is 179 Å². The average Bonchev–Trinajstić information content (AvgIpc) is 2.72. The summed E-state index contributed by atoms with van der Waals surface area (Å²) in [6.07, 6.45) is -7.66. The zero-order chi connectivity index (χ0) is 22.8. The monoisotopic (exact) mass is 451 g/mol. The zero-order valence-electron chi connectivity index (χ0n) is 16.2. The van der Waals surface area contributed by atoms with Gasteiger partial charge in [0.15, 0.2) is 6.10 Å². The van der Waals surface area contributed by atoms with Crippen molar-refractivity contribution in [1.29, 1.82) is 0 Å². The molecule has 2 aromatic carbocycles. The van der Waals surface area contributed by atoms with Gasteiger partial charge < -0.3 is 10.4 Å². The number of benzene rings is 2. The van der Waals surface area contributed by atoms with E-state index in [2.05, 4.69) is 5.10 Å². The molecule has 1 atom stereocenters. The van der Waals surface area contributed by atoms with E-state index >= 15 is 0 Å². The molecule has 1 heterocycles. The predicted octanol–water partition coefficient (Wildman–Crippen LogP) is 3.51. The van der Waals surface area contributed by atoms with Crippen LogP contribution in [0.3, 0.4) is 0 Å². The van der Waals surface area contributed by atoms with E-state index in [0.717, 1.165) is 10.2 Å². The number of amides is 1. The van der Waals surface area contributed by atoms with Crippen molar-refractivity contribution in [1.82, 2.24) is 15.1 Å². The summed E-state index contributed by atoms with van der Waals surface area (Å²) in [5.41, 5.74) is 0.750. The molecule has 0 saturated heterocycles. The van der Waals surface area contributed by atoms with Crippen LogP contribution < -0.4 is 10.9 Å². The first kappa shape index (κ1) is 22.5. The van der Waals surface area contributed by atoms with Crippen LogP contribution in [0.1, 0.15) is 15.9 Å². The van der Waals surface area contributed by atoms with Crippen molar-refractivity contribution in [2.45, 2.75) is 19.2 Å². The van der Waals surface area contributed by atoms with Gasteiger partial charge in [0.05, 0.1) is 17.9 Å². The minimum Gasteiger partial charge on any atom is -0.382 e. The maximum Gasteiger partial charge on any atom is 0.416 e. The topological polar surface area (TPSA) is 84.2 Å². The standard InChI is InChI=1S/C21H17ClF3N3O3/c1-12-3-2-4-15(9-12)28-20(31)16(19(30)26-11-18(29)21(23,24)25)10-17(27-28)13-5-7-14(22)8-6-13/h2-10,18,29H,11H2,1H3,(H,26,30)/t18-/m0/s1. The number of nitrogens with one attached hydrogen (secondary N) is 1. The highest BCUT2D eigenvalue weighted by Crippen LogP contribution is 2.21. The summed E-state index contributed by atoms with van der Waals surface area (Å²) in [4.78, 5) is 25.5. The quantitative estimate of drug-likeness (QED) is 0.621. The normalized spacial score (nSPS) is 12.5. The molecule has 10 heteroatoms. The number of aryl methyl sites for hydroxylation is 1. The molecule has 2 N–H and O–H groups in total. The number of nitrogens with zero attached hydrogens (tertiary/aromatic N) is 2. The highest BCUT2D eigenvalue weighted by molar-refractivity contribution is 6.30. The van der Waals surface area contributed by atoms with Crippen molar-refractivity contribution >= 4 is 17.5 Å². The van der Waals surface area contributed by atoms with Crippen molar-refractivity contribution < 1.29 is 23.1 Å². The van der Waals surface area contributed by atoms with Gasteiger partial charge in [0.2, 0.25) is 0 Å². The SMILES string of the molecule is Cc1cccc(-n2nc(-c3ccc(Cl)cc3)cc(C(=O)NC[C@H](O)C(F)(F)F)c2=O)c1. The van der Waals surface area contributed by atoms with E-state index in [0.29, 0.717) is 16.3 Å². The molecule has 162 valence electrons. The second-order valence-corrected chi connectivity index (χ2v) is 7.21. The first-order valence-corrected chi connectivity index (χ1v) is 9.44. The third-order valence-corrected chi connectivity index (χ3v) is 4.63. The van der Waals surface area contributed by atoms with Crippen LogP contribution in [0.4, 0.5) is 13.2 Å². The van der Waals surface area contributed by atoms with Crippen molar-refractivity contribution in [2.24, 2.45) is 0 Å². The fourth-order valence-corrected chi connectivity index (χ4v) is 2.88. The van der Waals surface area contributed by atoms with E-state index < -0.39 is 35.9 Å². The summed E-state index contributed by atoms with van der Waals surface area (Å²) in [5, 5.41) is 15.9. The predicted molar refractivity (Wildman–Crippen MR) is 109 cm³/mol. The molecule has 6 nitrogen and oxygen atoms in total. The third kappa shape index (κ3) is 5.31. The number of rotatable bonds is 5. The van der Waals surface area contributed by atoms with Crippen LogP contribution in [0.2, 0.25) is 5.02 Å². The molecule has 0 saturated carbocycles. The van der Waals surface area contributed by atoms with Crippen LogP contribution in [0, 0.1) is 6.92 Å². The molecule has 0 fully saturated rings. The number of aromatic nitrogens is 2. The molecule has 3 aromatic rings. The summed E-state index contributed by atoms with van der Waals surface area (Å²) < 4.78 is 38.6. The van der Waals surface area contributed by atoms with Gasteiger partial charge in [0, 0.05) is 10.6 Å². The molecule has 1 aromatic heterocycles. The number of alkyl halides is 3. The van der Waals surface area contributed by atoms with Crippen molar-refractivity contribution in [3.8, 4) is 16.9 Å². The van der Waals surface area contributed by atoms with Crippen LogP contribution in [0.15, 0.2) is 59.4 Å². The van der Waals surface area contributed by atoms with Gasteiger partial charge >= 0.3 is 6.18 Å². The molecule has 0 aliphatic rings. The van der Waals surface area contributed by atoms with Crippen molar-refractivity contribution in [3.63, 3.8) is 0 Å². The van der Waals surface area contributed by atoms with Gasteiger partial charge in [-0.15, -0.1) is 0 Å². The first-order chi connectivity index (χ1) is 14.6. The van der Waals surface area contributed by atoms with E-state index in [9.17, 15) is 22.8 Å². The van der Waals surface area contributed by atoms with Gasteiger partial charge in [0.25, 0.3) is 11.5 Å². The smallest absolute Gasteiger partial charge is 0.382 e. The maximum atomic E-state index is 12.9. The van der Waals surface area contributed by atoms with Gasteiger partial charge in [-0.25, -0.2) is 0 Å². The molecular weight excluding hydrogens is 435 g/mol. The Kier molecular flexibility index (Phi) is 6.47. The number of hydrogen-bond acceptors (Lipinski definition) is 4. The molecule has 0 spiro atoms. The second kappa shape index (κ2) is 8.91. The molecule has 3 rings (SSSR count). The molecule has 0 unspecified atom stereocenters. The van der Waals surface area contributed by atoms with E-state index in [4.69, 9.17) is 16.7 Å².